The Labute approximate surface area is 73.1 Å². The van der Waals surface area contributed by atoms with Crippen molar-refractivity contribution < 1.29 is 0 Å². The van der Waals surface area contributed by atoms with Crippen LogP contribution in [0.1, 0.15) is 27.2 Å². The highest BCUT2D eigenvalue weighted by Crippen LogP contribution is 2.33. The lowest BCUT2D eigenvalue weighted by Crippen LogP contribution is -1.79. The maximum atomic E-state index is 3.99. The summed E-state index contributed by atoms with van der Waals surface area (Å²) in [6.07, 6.45) is 3.21. The second-order valence-corrected chi connectivity index (χ2v) is 4.49. The van der Waals surface area contributed by atoms with Crippen molar-refractivity contribution in [3.63, 3.8) is 0 Å². The lowest BCUT2D eigenvalue weighted by Gasteiger charge is -2.01. The Morgan fingerprint density at radius 2 is 2.00 bits per heavy atom. The van der Waals surface area contributed by atoms with Gasteiger partial charge in [-0.3, -0.25) is 0 Å². The van der Waals surface area contributed by atoms with Crippen LogP contribution in [0.15, 0.2) is 33.6 Å². The minimum absolute atomic E-state index is 1.04. The van der Waals surface area contributed by atoms with E-state index in [0.717, 1.165) is 6.42 Å². The van der Waals surface area contributed by atoms with Crippen LogP contribution in [0.25, 0.3) is 0 Å². The van der Waals surface area contributed by atoms with Crippen molar-refractivity contribution >= 4 is 11.8 Å². The third-order valence-corrected chi connectivity index (χ3v) is 2.91. The Balaban J connectivity index is 2.93. The van der Waals surface area contributed by atoms with E-state index in [9.17, 15) is 0 Å². The van der Waals surface area contributed by atoms with Gasteiger partial charge in [0.15, 0.2) is 0 Å². The molecule has 0 nitrogen and oxygen atoms in total. The molecule has 0 N–H and O–H groups in total. The second kappa shape index (κ2) is 3.31. The van der Waals surface area contributed by atoms with Gasteiger partial charge in [-0.05, 0) is 43.1 Å². The molecule has 0 aliphatic carbocycles. The van der Waals surface area contributed by atoms with Gasteiger partial charge in [-0.25, -0.2) is 0 Å². The molecular formula is C10H14S. The molecule has 1 aliphatic rings. The Hall–Kier alpha value is -0.430. The van der Waals surface area contributed by atoms with Gasteiger partial charge < -0.3 is 0 Å². The van der Waals surface area contributed by atoms with Crippen molar-refractivity contribution in [2.45, 2.75) is 27.2 Å². The number of hydrogen-bond donors (Lipinski definition) is 0. The summed E-state index contributed by atoms with van der Waals surface area (Å²) in [5.41, 5.74) is 2.68. The van der Waals surface area contributed by atoms with E-state index in [-0.39, 0.29) is 0 Å². The highest BCUT2D eigenvalue weighted by atomic mass is 32.2. The fourth-order valence-electron chi connectivity index (χ4n) is 1.16. The van der Waals surface area contributed by atoms with Gasteiger partial charge in [0.1, 0.15) is 0 Å². The topological polar surface area (TPSA) is 0 Å². The third kappa shape index (κ3) is 2.26. The molecule has 1 rings (SSSR count). The smallest absolute Gasteiger partial charge is 0.00645 e. The van der Waals surface area contributed by atoms with Gasteiger partial charge in [-0.1, -0.05) is 29.5 Å². The molecule has 0 amide bonds. The van der Waals surface area contributed by atoms with E-state index in [4.69, 9.17) is 0 Å². The van der Waals surface area contributed by atoms with Crippen LogP contribution in [0.4, 0.5) is 0 Å². The summed E-state index contributed by atoms with van der Waals surface area (Å²) in [4.78, 5) is 2.78. The molecule has 0 aromatic rings. The zero-order valence-corrected chi connectivity index (χ0v) is 8.22. The highest BCUT2D eigenvalue weighted by Gasteiger charge is 2.05. The first-order chi connectivity index (χ1) is 5.09. The molecule has 0 aromatic heterocycles. The summed E-state index contributed by atoms with van der Waals surface area (Å²) in [6.45, 7) is 10.5. The molecule has 1 heterocycles. The average Bonchev–Trinajstić information content (AvgIpc) is 1.93. The molecule has 60 valence electrons. The number of rotatable bonds is 0. The molecule has 0 atom stereocenters. The summed E-state index contributed by atoms with van der Waals surface area (Å²) in [5, 5.41) is 0. The molecule has 0 unspecified atom stereocenters. The Bertz CT molecular complexity index is 244. The first kappa shape index (κ1) is 8.66. The van der Waals surface area contributed by atoms with E-state index in [0.29, 0.717) is 0 Å². The van der Waals surface area contributed by atoms with Gasteiger partial charge >= 0.3 is 0 Å². The SMILES string of the molecule is C=C1C=C(C)SC(C)=C(C)C1. The van der Waals surface area contributed by atoms with Crippen molar-refractivity contribution in [3.05, 3.63) is 33.6 Å². The van der Waals surface area contributed by atoms with E-state index in [1.54, 1.807) is 0 Å². The monoisotopic (exact) mass is 166 g/mol. The van der Waals surface area contributed by atoms with Crippen LogP contribution in [-0.4, -0.2) is 0 Å². The van der Waals surface area contributed by atoms with Gasteiger partial charge in [-0.15, -0.1) is 0 Å². The summed E-state index contributed by atoms with van der Waals surface area (Å²) >= 11 is 1.85. The van der Waals surface area contributed by atoms with Crippen LogP contribution in [0.5, 0.6) is 0 Å². The van der Waals surface area contributed by atoms with Gasteiger partial charge in [0.25, 0.3) is 0 Å². The molecule has 0 saturated heterocycles. The van der Waals surface area contributed by atoms with Crippen LogP contribution < -0.4 is 0 Å². The Morgan fingerprint density at radius 1 is 1.36 bits per heavy atom. The molecule has 0 spiro atoms. The van der Waals surface area contributed by atoms with Crippen molar-refractivity contribution in [3.8, 4) is 0 Å². The standard InChI is InChI=1S/C10H14S/c1-7-5-8(2)10(4)11-9(3)6-7/h6H,1,5H2,2-4H3. The van der Waals surface area contributed by atoms with E-state index in [1.165, 1.54) is 21.0 Å². The van der Waals surface area contributed by atoms with Gasteiger partial charge in [0.05, 0.1) is 0 Å². The lowest BCUT2D eigenvalue weighted by atomic mass is 10.1. The Morgan fingerprint density at radius 3 is 2.64 bits per heavy atom. The molecule has 1 heteroatoms. The summed E-state index contributed by atoms with van der Waals surface area (Å²) in [5.74, 6) is 0. The summed E-state index contributed by atoms with van der Waals surface area (Å²) in [7, 11) is 0. The van der Waals surface area contributed by atoms with E-state index < -0.39 is 0 Å². The number of allylic oxidation sites excluding steroid dienone is 5. The normalized spacial score (nSPS) is 19.9. The van der Waals surface area contributed by atoms with Crippen LogP contribution in [0.2, 0.25) is 0 Å². The average molecular weight is 166 g/mol. The second-order valence-electron chi connectivity index (χ2n) is 3.03. The summed E-state index contributed by atoms with van der Waals surface area (Å²) in [6, 6.07) is 0. The largest absolute Gasteiger partial charge is 0.0996 e. The van der Waals surface area contributed by atoms with Gasteiger partial charge in [-0.2, -0.15) is 0 Å². The minimum atomic E-state index is 1.04. The van der Waals surface area contributed by atoms with Crippen LogP contribution in [0, 0.1) is 0 Å². The fourth-order valence-corrected chi connectivity index (χ4v) is 2.12. The van der Waals surface area contributed by atoms with E-state index >= 15 is 0 Å². The summed E-state index contributed by atoms with van der Waals surface area (Å²) < 4.78 is 0. The quantitative estimate of drug-likeness (QED) is 0.526. The molecule has 0 fully saturated rings. The maximum absolute atomic E-state index is 3.99. The molecule has 0 saturated carbocycles. The first-order valence-corrected chi connectivity index (χ1v) is 4.61. The first-order valence-electron chi connectivity index (χ1n) is 3.80. The molecular weight excluding hydrogens is 152 g/mol. The van der Waals surface area contributed by atoms with Crippen LogP contribution >= 0.6 is 11.8 Å². The Kier molecular flexibility index (Phi) is 2.61. The molecule has 1 aliphatic heterocycles. The molecule has 0 bridgehead atoms. The van der Waals surface area contributed by atoms with Crippen LogP contribution in [-0.2, 0) is 0 Å². The predicted octanol–water partition coefficient (Wildman–Crippen LogP) is 3.88. The minimum Gasteiger partial charge on any atom is -0.0996 e. The van der Waals surface area contributed by atoms with Crippen molar-refractivity contribution in [2.24, 2.45) is 0 Å². The van der Waals surface area contributed by atoms with Gasteiger partial charge in [0, 0.05) is 0 Å². The highest BCUT2D eigenvalue weighted by molar-refractivity contribution is 8.06. The van der Waals surface area contributed by atoms with E-state index in [2.05, 4.69) is 33.4 Å². The lowest BCUT2D eigenvalue weighted by molar-refractivity contribution is 1.14. The molecule has 0 radical (unpaired) electrons. The van der Waals surface area contributed by atoms with Gasteiger partial charge in [0.2, 0.25) is 0 Å². The zero-order valence-electron chi connectivity index (χ0n) is 7.40. The third-order valence-electron chi connectivity index (χ3n) is 1.81. The van der Waals surface area contributed by atoms with Crippen molar-refractivity contribution in [1.82, 2.24) is 0 Å². The number of thioether (sulfide) groups is 1. The maximum Gasteiger partial charge on any atom is -0.00645 e. The van der Waals surface area contributed by atoms with Crippen molar-refractivity contribution in [1.29, 1.82) is 0 Å². The molecule has 0 aromatic carbocycles. The fraction of sp³-hybridized carbons (Fsp3) is 0.400. The van der Waals surface area contributed by atoms with E-state index in [1.807, 2.05) is 11.8 Å². The zero-order chi connectivity index (χ0) is 8.43. The number of hydrogen-bond acceptors (Lipinski definition) is 1. The van der Waals surface area contributed by atoms with Crippen molar-refractivity contribution in [2.75, 3.05) is 0 Å². The molecule has 11 heavy (non-hydrogen) atoms. The predicted molar refractivity (Wildman–Crippen MR) is 53.5 cm³/mol. The van der Waals surface area contributed by atoms with Crippen LogP contribution in [0.3, 0.4) is 0 Å².